The molecule has 0 radical (unpaired) electrons. The van der Waals surface area contributed by atoms with E-state index in [1.165, 1.54) is 30.6 Å². The zero-order chi connectivity index (χ0) is 19.5. The Morgan fingerprint density at radius 3 is 2.82 bits per heavy atom. The Bertz CT molecular complexity index is 998. The minimum absolute atomic E-state index is 0.183. The van der Waals surface area contributed by atoms with E-state index in [-0.39, 0.29) is 17.8 Å². The first-order valence-corrected chi connectivity index (χ1v) is 9.23. The van der Waals surface area contributed by atoms with Crippen LogP contribution in [0.2, 0.25) is 0 Å². The molecule has 1 saturated heterocycles. The average Bonchev–Trinajstić information content (AvgIpc) is 3.04. The monoisotopic (exact) mass is 384 g/mol. The van der Waals surface area contributed by atoms with Gasteiger partial charge < -0.3 is 9.84 Å². The second kappa shape index (κ2) is 8.04. The minimum atomic E-state index is -1.01. The number of ether oxygens (including phenoxy) is 1. The Morgan fingerprint density at radius 2 is 2.04 bits per heavy atom. The minimum Gasteiger partial charge on any atom is -0.478 e. The van der Waals surface area contributed by atoms with Gasteiger partial charge in [-0.3, -0.25) is 14.6 Å². The van der Waals surface area contributed by atoms with E-state index in [0.29, 0.717) is 23.2 Å². The van der Waals surface area contributed by atoms with E-state index in [4.69, 9.17) is 4.74 Å². The Balaban J connectivity index is 1.64. The highest BCUT2D eigenvalue weighted by Crippen LogP contribution is 2.23. The molecule has 0 aliphatic carbocycles. The highest BCUT2D eigenvalue weighted by atomic mass is 19.1. The van der Waals surface area contributed by atoms with Crippen molar-refractivity contribution in [1.29, 1.82) is 0 Å². The van der Waals surface area contributed by atoms with Crippen molar-refractivity contribution < 1.29 is 19.0 Å². The molecule has 28 heavy (non-hydrogen) atoms. The lowest BCUT2D eigenvalue weighted by atomic mass is 10.0. The van der Waals surface area contributed by atoms with E-state index < -0.39 is 5.97 Å². The molecule has 0 amide bonds. The molecule has 1 fully saturated rings. The van der Waals surface area contributed by atoms with Crippen molar-refractivity contribution in [3.63, 3.8) is 0 Å². The number of aromatic nitrogens is 3. The molecule has 3 aromatic rings. The average molecular weight is 384 g/mol. The van der Waals surface area contributed by atoms with Crippen molar-refractivity contribution >= 4 is 16.9 Å². The van der Waals surface area contributed by atoms with Crippen molar-refractivity contribution in [3.05, 3.63) is 59.3 Å². The number of aromatic carboxylic acids is 1. The summed E-state index contributed by atoms with van der Waals surface area (Å²) in [5, 5.41) is 14.8. The Kier molecular flexibility index (Phi) is 5.31. The predicted octanol–water partition coefficient (Wildman–Crippen LogP) is 2.19. The summed E-state index contributed by atoms with van der Waals surface area (Å²) >= 11 is 0. The first kappa shape index (κ1) is 18.5. The van der Waals surface area contributed by atoms with Gasteiger partial charge in [-0.15, -0.1) is 0 Å². The smallest absolute Gasteiger partial charge is 0.336 e. The number of carboxylic acid groups (broad SMARTS) is 1. The summed E-state index contributed by atoms with van der Waals surface area (Å²) in [5.41, 5.74) is 2.22. The van der Waals surface area contributed by atoms with E-state index in [1.54, 1.807) is 6.07 Å². The molecular weight excluding hydrogens is 363 g/mol. The predicted molar refractivity (Wildman–Crippen MR) is 101 cm³/mol. The first-order valence-electron chi connectivity index (χ1n) is 9.23. The fraction of sp³-hybridized carbons (Fsp3) is 0.350. The standard InChI is InChI=1S/C20H21FN4O3/c21-15-1-2-19-17(12-15)18(11-14-13-22-4-3-16(14)20(26)27)23-25(19)6-5-24-7-9-28-10-8-24/h1-4,12-13H,5-11H2,(H,26,27). The summed E-state index contributed by atoms with van der Waals surface area (Å²) in [6, 6.07) is 6.07. The summed E-state index contributed by atoms with van der Waals surface area (Å²) in [6.07, 6.45) is 3.26. The van der Waals surface area contributed by atoms with Crippen LogP contribution in [-0.2, 0) is 17.7 Å². The number of benzene rings is 1. The van der Waals surface area contributed by atoms with Crippen molar-refractivity contribution in [2.24, 2.45) is 0 Å². The molecule has 146 valence electrons. The Hall–Kier alpha value is -2.84. The van der Waals surface area contributed by atoms with Crippen LogP contribution in [0.3, 0.4) is 0 Å². The Morgan fingerprint density at radius 1 is 1.21 bits per heavy atom. The molecule has 0 atom stereocenters. The zero-order valence-corrected chi connectivity index (χ0v) is 15.3. The quantitative estimate of drug-likeness (QED) is 0.702. The number of carbonyl (C=O) groups is 1. The van der Waals surface area contributed by atoms with Crippen LogP contribution >= 0.6 is 0 Å². The second-order valence-corrected chi connectivity index (χ2v) is 6.80. The number of rotatable bonds is 6. The van der Waals surface area contributed by atoms with E-state index in [1.807, 2.05) is 4.68 Å². The number of hydrogen-bond donors (Lipinski definition) is 1. The SMILES string of the molecule is O=C(O)c1ccncc1Cc1nn(CCN2CCOCC2)c2ccc(F)cc12. The largest absolute Gasteiger partial charge is 0.478 e. The third-order valence-electron chi connectivity index (χ3n) is 5.01. The lowest BCUT2D eigenvalue weighted by Crippen LogP contribution is -2.38. The molecular formula is C20H21FN4O3. The van der Waals surface area contributed by atoms with Gasteiger partial charge in [-0.25, -0.2) is 9.18 Å². The number of halogens is 1. The first-order chi connectivity index (χ1) is 13.6. The van der Waals surface area contributed by atoms with E-state index in [2.05, 4.69) is 15.0 Å². The third-order valence-corrected chi connectivity index (χ3v) is 5.01. The summed E-state index contributed by atoms with van der Waals surface area (Å²) in [5.74, 6) is -1.36. The highest BCUT2D eigenvalue weighted by Gasteiger charge is 2.17. The van der Waals surface area contributed by atoms with Gasteiger partial charge in [-0.2, -0.15) is 5.10 Å². The van der Waals surface area contributed by atoms with Crippen molar-refractivity contribution in [1.82, 2.24) is 19.7 Å². The molecule has 7 nitrogen and oxygen atoms in total. The lowest BCUT2D eigenvalue weighted by Gasteiger charge is -2.26. The fourth-order valence-electron chi connectivity index (χ4n) is 3.54. The molecule has 0 saturated carbocycles. The van der Waals surface area contributed by atoms with Gasteiger partial charge in [0.2, 0.25) is 0 Å². The van der Waals surface area contributed by atoms with Crippen molar-refractivity contribution in [2.75, 3.05) is 32.8 Å². The van der Waals surface area contributed by atoms with Gasteiger partial charge in [0.05, 0.1) is 36.5 Å². The van der Waals surface area contributed by atoms with Crippen LogP contribution in [0.4, 0.5) is 4.39 Å². The highest BCUT2D eigenvalue weighted by molar-refractivity contribution is 5.89. The topological polar surface area (TPSA) is 80.5 Å². The van der Waals surface area contributed by atoms with Gasteiger partial charge in [0, 0.05) is 43.8 Å². The number of fused-ring (bicyclic) bond motifs is 1. The summed E-state index contributed by atoms with van der Waals surface area (Å²) in [7, 11) is 0. The summed E-state index contributed by atoms with van der Waals surface area (Å²) in [6.45, 7) is 4.73. The van der Waals surface area contributed by atoms with Crippen molar-refractivity contribution in [3.8, 4) is 0 Å². The maximum atomic E-state index is 13.9. The molecule has 1 aliphatic heterocycles. The third kappa shape index (κ3) is 3.88. The normalized spacial score (nSPS) is 15.2. The van der Waals surface area contributed by atoms with Gasteiger partial charge in [0.1, 0.15) is 5.82 Å². The molecule has 8 heteroatoms. The van der Waals surface area contributed by atoms with Crippen LogP contribution in [0.15, 0.2) is 36.7 Å². The fourth-order valence-corrected chi connectivity index (χ4v) is 3.54. The molecule has 0 bridgehead atoms. The second-order valence-electron chi connectivity index (χ2n) is 6.80. The molecule has 1 aromatic carbocycles. The van der Waals surface area contributed by atoms with Gasteiger partial charge >= 0.3 is 5.97 Å². The van der Waals surface area contributed by atoms with Crippen LogP contribution in [0.25, 0.3) is 10.9 Å². The number of pyridine rings is 1. The summed E-state index contributed by atoms with van der Waals surface area (Å²) < 4.78 is 21.1. The van der Waals surface area contributed by atoms with Gasteiger partial charge in [0.15, 0.2) is 0 Å². The molecule has 3 heterocycles. The molecule has 1 aliphatic rings. The van der Waals surface area contributed by atoms with Crippen molar-refractivity contribution in [2.45, 2.75) is 13.0 Å². The number of nitrogens with zero attached hydrogens (tertiary/aromatic N) is 4. The zero-order valence-electron chi connectivity index (χ0n) is 15.3. The molecule has 0 unspecified atom stereocenters. The number of carboxylic acids is 1. The number of morpholine rings is 1. The van der Waals surface area contributed by atoms with Gasteiger partial charge in [0.25, 0.3) is 0 Å². The van der Waals surface area contributed by atoms with E-state index in [0.717, 1.165) is 38.4 Å². The van der Waals surface area contributed by atoms with Gasteiger partial charge in [-0.1, -0.05) is 0 Å². The van der Waals surface area contributed by atoms with E-state index >= 15 is 0 Å². The number of hydrogen-bond acceptors (Lipinski definition) is 5. The van der Waals surface area contributed by atoms with E-state index in [9.17, 15) is 14.3 Å². The maximum Gasteiger partial charge on any atom is 0.336 e. The van der Waals surface area contributed by atoms with Crippen LogP contribution in [0.1, 0.15) is 21.6 Å². The van der Waals surface area contributed by atoms with Crippen LogP contribution < -0.4 is 0 Å². The Labute approximate surface area is 161 Å². The molecule has 0 spiro atoms. The van der Waals surface area contributed by atoms with Crippen LogP contribution in [0, 0.1) is 5.82 Å². The molecule has 4 rings (SSSR count). The molecule has 1 N–H and O–H groups in total. The maximum absolute atomic E-state index is 13.9. The summed E-state index contributed by atoms with van der Waals surface area (Å²) in [4.78, 5) is 17.8. The van der Waals surface area contributed by atoms with Crippen LogP contribution in [0.5, 0.6) is 0 Å². The molecule has 2 aromatic heterocycles. The lowest BCUT2D eigenvalue weighted by molar-refractivity contribution is 0.0361. The van der Waals surface area contributed by atoms with Gasteiger partial charge in [-0.05, 0) is 29.8 Å². The van der Waals surface area contributed by atoms with Crippen LogP contribution in [-0.4, -0.2) is 63.6 Å².